The molecule has 0 aromatic rings. The monoisotopic (exact) mass is 274 g/mol. The van der Waals surface area contributed by atoms with Crippen molar-refractivity contribution in [3.63, 3.8) is 0 Å². The lowest BCUT2D eigenvalue weighted by atomic mass is 9.96. The summed E-state index contributed by atoms with van der Waals surface area (Å²) in [6, 6.07) is 0. The van der Waals surface area contributed by atoms with E-state index >= 15 is 0 Å². The zero-order chi connectivity index (χ0) is 13.0. The Kier molecular flexibility index (Phi) is 5.04. The fraction of sp³-hybridized carbons (Fsp3) is 1.00. The highest BCUT2D eigenvalue weighted by Gasteiger charge is 2.30. The molecule has 4 nitrogen and oxygen atoms in total. The molecule has 0 amide bonds. The van der Waals surface area contributed by atoms with Crippen LogP contribution in [0.4, 0.5) is 0 Å². The van der Waals surface area contributed by atoms with Crippen molar-refractivity contribution < 1.29 is 8.42 Å². The van der Waals surface area contributed by atoms with Gasteiger partial charge in [0.05, 0.1) is 5.75 Å². The average molecular weight is 274 g/mol. The third-order valence-corrected chi connectivity index (χ3v) is 6.33. The average Bonchev–Trinajstić information content (AvgIpc) is 2.87. The molecule has 1 atom stereocenters. The molecule has 106 valence electrons. The van der Waals surface area contributed by atoms with Crippen LogP contribution in [0.3, 0.4) is 0 Å². The van der Waals surface area contributed by atoms with Crippen LogP contribution in [0.15, 0.2) is 0 Å². The molecule has 0 spiro atoms. The van der Waals surface area contributed by atoms with Gasteiger partial charge in [0.2, 0.25) is 10.0 Å². The number of nitrogens with one attached hydrogen (secondary N) is 1. The van der Waals surface area contributed by atoms with Crippen LogP contribution in [-0.2, 0) is 10.0 Å². The second kappa shape index (κ2) is 6.35. The van der Waals surface area contributed by atoms with Crippen LogP contribution in [0, 0.1) is 11.8 Å². The normalized spacial score (nSPS) is 27.7. The van der Waals surface area contributed by atoms with E-state index in [9.17, 15) is 8.42 Å². The molecule has 2 rings (SSSR count). The van der Waals surface area contributed by atoms with E-state index in [1.807, 2.05) is 0 Å². The number of sulfonamides is 1. The van der Waals surface area contributed by atoms with Gasteiger partial charge in [-0.3, -0.25) is 0 Å². The molecule has 1 unspecified atom stereocenters. The van der Waals surface area contributed by atoms with E-state index in [1.54, 1.807) is 4.31 Å². The van der Waals surface area contributed by atoms with Crippen LogP contribution < -0.4 is 5.32 Å². The van der Waals surface area contributed by atoms with Gasteiger partial charge in [0.1, 0.15) is 0 Å². The van der Waals surface area contributed by atoms with Gasteiger partial charge in [-0.05, 0) is 50.6 Å². The predicted octanol–water partition coefficient (Wildman–Crippen LogP) is 1.44. The van der Waals surface area contributed by atoms with Gasteiger partial charge >= 0.3 is 0 Å². The molecule has 2 saturated heterocycles. The zero-order valence-electron chi connectivity index (χ0n) is 11.4. The quantitative estimate of drug-likeness (QED) is 0.825. The summed E-state index contributed by atoms with van der Waals surface area (Å²) in [5.74, 6) is 1.54. The molecule has 2 aliphatic rings. The second-order valence-corrected chi connectivity index (χ2v) is 7.81. The first-order chi connectivity index (χ1) is 8.62. The van der Waals surface area contributed by atoms with E-state index in [-0.39, 0.29) is 0 Å². The SMILES string of the molecule is CCC1CCN(S(=O)(=O)CCC2CCNCC2)C1. The Morgan fingerprint density at radius 3 is 2.50 bits per heavy atom. The van der Waals surface area contributed by atoms with E-state index in [1.165, 1.54) is 0 Å². The first kappa shape index (κ1) is 14.3. The van der Waals surface area contributed by atoms with E-state index in [0.717, 1.165) is 58.3 Å². The third kappa shape index (κ3) is 3.68. The summed E-state index contributed by atoms with van der Waals surface area (Å²) in [4.78, 5) is 0. The molecule has 2 fully saturated rings. The Labute approximate surface area is 111 Å². The van der Waals surface area contributed by atoms with Gasteiger partial charge in [0.25, 0.3) is 0 Å². The van der Waals surface area contributed by atoms with Crippen LogP contribution in [0.25, 0.3) is 0 Å². The molecule has 18 heavy (non-hydrogen) atoms. The zero-order valence-corrected chi connectivity index (χ0v) is 12.2. The van der Waals surface area contributed by atoms with E-state index in [4.69, 9.17) is 0 Å². The molecule has 0 bridgehead atoms. The fourth-order valence-electron chi connectivity index (χ4n) is 3.00. The van der Waals surface area contributed by atoms with Crippen molar-refractivity contribution in [2.45, 2.75) is 39.0 Å². The van der Waals surface area contributed by atoms with Crippen molar-refractivity contribution in [1.82, 2.24) is 9.62 Å². The molecule has 0 radical (unpaired) electrons. The third-order valence-electron chi connectivity index (χ3n) is 4.46. The van der Waals surface area contributed by atoms with Gasteiger partial charge in [0, 0.05) is 13.1 Å². The van der Waals surface area contributed by atoms with E-state index in [2.05, 4.69) is 12.2 Å². The van der Waals surface area contributed by atoms with Crippen LogP contribution in [0.5, 0.6) is 0 Å². The van der Waals surface area contributed by atoms with Gasteiger partial charge in [0.15, 0.2) is 0 Å². The molecular weight excluding hydrogens is 248 g/mol. The van der Waals surface area contributed by atoms with Crippen molar-refractivity contribution in [3.05, 3.63) is 0 Å². The summed E-state index contributed by atoms with van der Waals surface area (Å²) in [5, 5.41) is 3.32. The minimum atomic E-state index is -2.99. The first-order valence-corrected chi connectivity index (χ1v) is 8.91. The van der Waals surface area contributed by atoms with Gasteiger partial charge < -0.3 is 5.32 Å². The molecular formula is C13H26N2O2S. The van der Waals surface area contributed by atoms with Crippen molar-refractivity contribution in [2.75, 3.05) is 31.9 Å². The lowest BCUT2D eigenvalue weighted by Gasteiger charge is -2.23. The number of nitrogens with zero attached hydrogens (tertiary/aromatic N) is 1. The minimum absolute atomic E-state index is 0.355. The smallest absolute Gasteiger partial charge is 0.214 e. The largest absolute Gasteiger partial charge is 0.317 e. The van der Waals surface area contributed by atoms with Crippen molar-refractivity contribution in [3.8, 4) is 0 Å². The lowest BCUT2D eigenvalue weighted by molar-refractivity contribution is 0.362. The van der Waals surface area contributed by atoms with Crippen molar-refractivity contribution in [2.24, 2.45) is 11.8 Å². The standard InChI is InChI=1S/C13H26N2O2S/c1-2-12-5-9-15(11-12)18(16,17)10-6-13-3-7-14-8-4-13/h12-14H,2-11H2,1H3. The maximum atomic E-state index is 12.2. The Morgan fingerprint density at radius 1 is 1.17 bits per heavy atom. The second-order valence-electron chi connectivity index (χ2n) is 5.72. The summed E-state index contributed by atoms with van der Waals surface area (Å²) in [6.45, 7) is 5.74. The molecule has 0 saturated carbocycles. The number of hydrogen-bond donors (Lipinski definition) is 1. The number of rotatable bonds is 5. The Hall–Kier alpha value is -0.130. The molecule has 0 aromatic carbocycles. The first-order valence-electron chi connectivity index (χ1n) is 7.30. The minimum Gasteiger partial charge on any atom is -0.317 e. The highest BCUT2D eigenvalue weighted by Crippen LogP contribution is 2.24. The summed E-state index contributed by atoms with van der Waals surface area (Å²) in [6.07, 6.45) is 5.25. The Balaban J connectivity index is 1.80. The maximum absolute atomic E-state index is 12.2. The maximum Gasteiger partial charge on any atom is 0.214 e. The molecule has 0 aromatic heterocycles. The molecule has 5 heteroatoms. The fourth-order valence-corrected chi connectivity index (χ4v) is 4.71. The van der Waals surface area contributed by atoms with Crippen LogP contribution >= 0.6 is 0 Å². The van der Waals surface area contributed by atoms with E-state index < -0.39 is 10.0 Å². The van der Waals surface area contributed by atoms with Gasteiger partial charge in [-0.2, -0.15) is 0 Å². The highest BCUT2D eigenvalue weighted by atomic mass is 32.2. The van der Waals surface area contributed by atoms with Crippen LogP contribution in [0.2, 0.25) is 0 Å². The topological polar surface area (TPSA) is 49.4 Å². The van der Waals surface area contributed by atoms with Crippen molar-refractivity contribution in [1.29, 1.82) is 0 Å². The number of hydrogen-bond acceptors (Lipinski definition) is 3. The molecule has 2 aliphatic heterocycles. The Bertz CT molecular complexity index is 350. The van der Waals surface area contributed by atoms with Gasteiger partial charge in [-0.15, -0.1) is 0 Å². The highest BCUT2D eigenvalue weighted by molar-refractivity contribution is 7.89. The lowest BCUT2D eigenvalue weighted by Crippen LogP contribution is -2.33. The molecule has 0 aliphatic carbocycles. The van der Waals surface area contributed by atoms with Crippen LogP contribution in [0.1, 0.15) is 39.0 Å². The Morgan fingerprint density at radius 2 is 1.89 bits per heavy atom. The van der Waals surface area contributed by atoms with Gasteiger partial charge in [-0.1, -0.05) is 13.3 Å². The summed E-state index contributed by atoms with van der Waals surface area (Å²) in [5.41, 5.74) is 0. The number of piperidine rings is 1. The molecule has 1 N–H and O–H groups in total. The summed E-state index contributed by atoms with van der Waals surface area (Å²) in [7, 11) is -2.99. The van der Waals surface area contributed by atoms with Crippen molar-refractivity contribution >= 4 is 10.0 Å². The predicted molar refractivity (Wildman–Crippen MR) is 74.0 cm³/mol. The van der Waals surface area contributed by atoms with Gasteiger partial charge in [-0.25, -0.2) is 12.7 Å². The van der Waals surface area contributed by atoms with E-state index in [0.29, 0.717) is 17.6 Å². The summed E-state index contributed by atoms with van der Waals surface area (Å²) < 4.78 is 26.2. The molecule has 2 heterocycles. The van der Waals surface area contributed by atoms with Crippen LogP contribution in [-0.4, -0.2) is 44.7 Å². The summed E-state index contributed by atoms with van der Waals surface area (Å²) >= 11 is 0.